The first-order valence-corrected chi connectivity index (χ1v) is 7.75. The molecule has 0 bridgehead atoms. The van der Waals surface area contributed by atoms with E-state index in [0.29, 0.717) is 17.8 Å². The first-order valence-electron chi connectivity index (χ1n) is 6.96. The molecule has 20 heavy (non-hydrogen) atoms. The number of nitrogens with one attached hydrogen (secondary N) is 1. The molecule has 1 aromatic carbocycles. The lowest BCUT2D eigenvalue weighted by Crippen LogP contribution is -2.36. The van der Waals surface area contributed by atoms with Crippen LogP contribution in [0.5, 0.6) is 0 Å². The summed E-state index contributed by atoms with van der Waals surface area (Å²) in [5, 5.41) is 11.9. The maximum absolute atomic E-state index is 14.0. The van der Waals surface area contributed by atoms with Crippen molar-refractivity contribution in [3.05, 3.63) is 28.0 Å². The zero-order valence-corrected chi connectivity index (χ0v) is 13.2. The summed E-state index contributed by atoms with van der Waals surface area (Å²) in [6.45, 7) is 6.18. The molecule has 0 aromatic heterocycles. The number of hydrogen-bond acceptors (Lipinski definition) is 3. The van der Waals surface area contributed by atoms with Crippen molar-refractivity contribution in [3.63, 3.8) is 0 Å². The molecule has 1 saturated heterocycles. The van der Waals surface area contributed by atoms with Gasteiger partial charge in [0, 0.05) is 13.1 Å². The van der Waals surface area contributed by atoms with Crippen LogP contribution in [0.25, 0.3) is 0 Å². The summed E-state index contributed by atoms with van der Waals surface area (Å²) in [4.78, 5) is 2.41. The third-order valence-corrected chi connectivity index (χ3v) is 4.60. The average Bonchev–Trinajstić information content (AvgIpc) is 2.46. The summed E-state index contributed by atoms with van der Waals surface area (Å²) in [6.07, 6.45) is 2.49. The van der Waals surface area contributed by atoms with Gasteiger partial charge in [-0.2, -0.15) is 5.26 Å². The lowest BCUT2D eigenvalue weighted by molar-refractivity contribution is 0.199. The molecule has 3 nitrogen and oxygen atoms in total. The molecule has 0 unspecified atom stereocenters. The highest BCUT2D eigenvalue weighted by molar-refractivity contribution is 9.10. The normalized spacial score (nSPS) is 16.9. The van der Waals surface area contributed by atoms with E-state index < -0.39 is 5.82 Å². The molecule has 1 fully saturated rings. The van der Waals surface area contributed by atoms with Crippen LogP contribution >= 0.6 is 15.9 Å². The van der Waals surface area contributed by atoms with Crippen molar-refractivity contribution in [3.8, 4) is 6.07 Å². The number of hydrogen-bond donors (Lipinski definition) is 1. The zero-order chi connectivity index (χ0) is 14.5. The van der Waals surface area contributed by atoms with Crippen molar-refractivity contribution >= 4 is 21.6 Å². The van der Waals surface area contributed by atoms with Gasteiger partial charge < -0.3 is 10.2 Å². The molecule has 0 aliphatic carbocycles. The third kappa shape index (κ3) is 3.71. The second-order valence-corrected chi connectivity index (χ2v) is 6.14. The van der Waals surface area contributed by atoms with Crippen LogP contribution in [0.4, 0.5) is 10.1 Å². The summed E-state index contributed by atoms with van der Waals surface area (Å²) in [5.41, 5.74) is 0.763. The van der Waals surface area contributed by atoms with Crippen LogP contribution in [0.1, 0.15) is 25.3 Å². The summed E-state index contributed by atoms with van der Waals surface area (Å²) in [7, 11) is 0. The summed E-state index contributed by atoms with van der Waals surface area (Å²) in [5.74, 6) is 0.433. The van der Waals surface area contributed by atoms with E-state index in [0.717, 1.165) is 25.6 Å². The SMILES string of the molecule is CC1CCN(CCNc2ccc(C#N)c(Br)c2F)CC1. The lowest BCUT2D eigenvalue weighted by Gasteiger charge is -2.30. The first-order chi connectivity index (χ1) is 9.61. The van der Waals surface area contributed by atoms with Gasteiger partial charge in [-0.25, -0.2) is 4.39 Å². The van der Waals surface area contributed by atoms with Crippen LogP contribution in [0, 0.1) is 23.1 Å². The minimum atomic E-state index is -0.392. The van der Waals surface area contributed by atoms with Crippen LogP contribution in [-0.4, -0.2) is 31.1 Å². The molecule has 1 aliphatic heterocycles. The smallest absolute Gasteiger partial charge is 0.161 e. The van der Waals surface area contributed by atoms with Gasteiger partial charge in [-0.05, 0) is 59.9 Å². The predicted molar refractivity (Wildman–Crippen MR) is 82.1 cm³/mol. The topological polar surface area (TPSA) is 39.1 Å². The van der Waals surface area contributed by atoms with E-state index in [9.17, 15) is 4.39 Å². The van der Waals surface area contributed by atoms with Crippen molar-refractivity contribution in [2.24, 2.45) is 5.92 Å². The highest BCUT2D eigenvalue weighted by atomic mass is 79.9. The van der Waals surface area contributed by atoms with Gasteiger partial charge in [0.1, 0.15) is 6.07 Å². The fourth-order valence-corrected chi connectivity index (χ4v) is 2.84. The van der Waals surface area contributed by atoms with E-state index in [1.165, 1.54) is 12.8 Å². The Morgan fingerprint density at radius 3 is 2.80 bits per heavy atom. The Morgan fingerprint density at radius 1 is 1.45 bits per heavy atom. The Balaban J connectivity index is 1.86. The Bertz CT molecular complexity index is 505. The minimum absolute atomic E-state index is 0.233. The maximum Gasteiger partial charge on any atom is 0.161 e. The van der Waals surface area contributed by atoms with E-state index in [-0.39, 0.29) is 4.47 Å². The molecule has 108 valence electrons. The summed E-state index contributed by atoms with van der Waals surface area (Å²) < 4.78 is 14.2. The molecular weight excluding hydrogens is 321 g/mol. The quantitative estimate of drug-likeness (QED) is 0.910. The summed E-state index contributed by atoms with van der Waals surface area (Å²) in [6, 6.07) is 5.20. The molecule has 0 atom stereocenters. The lowest BCUT2D eigenvalue weighted by atomic mass is 9.99. The average molecular weight is 340 g/mol. The van der Waals surface area contributed by atoms with Crippen molar-refractivity contribution in [1.29, 1.82) is 5.26 Å². The number of rotatable bonds is 4. The van der Waals surface area contributed by atoms with Crippen LogP contribution < -0.4 is 5.32 Å². The molecule has 1 aliphatic rings. The molecule has 0 spiro atoms. The molecular formula is C15H19BrFN3. The first kappa shape index (κ1) is 15.3. The molecule has 0 radical (unpaired) electrons. The van der Waals surface area contributed by atoms with Crippen LogP contribution in [-0.2, 0) is 0 Å². The van der Waals surface area contributed by atoms with Crippen LogP contribution in [0.3, 0.4) is 0 Å². The monoisotopic (exact) mass is 339 g/mol. The van der Waals surface area contributed by atoms with Crippen LogP contribution in [0.2, 0.25) is 0 Å². The molecule has 1 aromatic rings. The van der Waals surface area contributed by atoms with E-state index in [1.54, 1.807) is 12.1 Å². The van der Waals surface area contributed by atoms with E-state index in [2.05, 4.69) is 33.1 Å². The van der Waals surface area contributed by atoms with Crippen LogP contribution in [0.15, 0.2) is 16.6 Å². The van der Waals surface area contributed by atoms with Crippen molar-refractivity contribution in [1.82, 2.24) is 4.90 Å². The largest absolute Gasteiger partial charge is 0.381 e. The molecule has 0 amide bonds. The second-order valence-electron chi connectivity index (χ2n) is 5.35. The fraction of sp³-hybridized carbons (Fsp3) is 0.533. The van der Waals surface area contributed by atoms with Crippen molar-refractivity contribution in [2.45, 2.75) is 19.8 Å². The number of nitriles is 1. The van der Waals surface area contributed by atoms with Gasteiger partial charge >= 0.3 is 0 Å². The third-order valence-electron chi connectivity index (χ3n) is 3.82. The minimum Gasteiger partial charge on any atom is -0.381 e. The van der Waals surface area contributed by atoms with E-state index >= 15 is 0 Å². The maximum atomic E-state index is 14.0. The Hall–Kier alpha value is -1.12. The number of likely N-dealkylation sites (tertiary alicyclic amines) is 1. The number of nitrogens with zero attached hydrogens (tertiary/aromatic N) is 2. The highest BCUT2D eigenvalue weighted by Crippen LogP contribution is 2.26. The Labute approximate surface area is 127 Å². The fourth-order valence-electron chi connectivity index (χ4n) is 2.41. The van der Waals surface area contributed by atoms with Crippen molar-refractivity contribution < 1.29 is 4.39 Å². The van der Waals surface area contributed by atoms with Gasteiger partial charge in [-0.3, -0.25) is 0 Å². The molecule has 1 N–H and O–H groups in total. The van der Waals surface area contributed by atoms with Gasteiger partial charge in [-0.1, -0.05) is 6.92 Å². The van der Waals surface area contributed by atoms with Gasteiger partial charge in [0.2, 0.25) is 0 Å². The van der Waals surface area contributed by atoms with Crippen molar-refractivity contribution in [2.75, 3.05) is 31.5 Å². The van der Waals surface area contributed by atoms with Gasteiger partial charge in [0.25, 0.3) is 0 Å². The Morgan fingerprint density at radius 2 is 2.15 bits per heavy atom. The molecule has 2 rings (SSSR count). The molecule has 0 saturated carbocycles. The highest BCUT2D eigenvalue weighted by Gasteiger charge is 2.15. The molecule has 5 heteroatoms. The second kappa shape index (κ2) is 7.05. The Kier molecular flexibility index (Phi) is 5.38. The van der Waals surface area contributed by atoms with Gasteiger partial charge in [0.15, 0.2) is 5.82 Å². The standard InChI is InChI=1S/C15H19BrFN3/c1-11-4-7-20(8-5-11)9-6-19-13-3-2-12(10-18)14(16)15(13)17/h2-3,11,19H,4-9H2,1H3. The number of piperidine rings is 1. The van der Waals surface area contributed by atoms with E-state index in [1.807, 2.05) is 6.07 Å². The zero-order valence-electron chi connectivity index (χ0n) is 11.6. The summed E-state index contributed by atoms with van der Waals surface area (Å²) >= 11 is 3.12. The number of halogens is 2. The number of anilines is 1. The van der Waals surface area contributed by atoms with Gasteiger partial charge in [-0.15, -0.1) is 0 Å². The van der Waals surface area contributed by atoms with Gasteiger partial charge in [0.05, 0.1) is 15.7 Å². The number of benzene rings is 1. The molecule has 1 heterocycles. The predicted octanol–water partition coefficient (Wildman–Crippen LogP) is 3.60. The van der Waals surface area contributed by atoms with E-state index in [4.69, 9.17) is 5.26 Å².